The summed E-state index contributed by atoms with van der Waals surface area (Å²) in [7, 11) is 0. The molecule has 0 fully saturated rings. The van der Waals surface area contributed by atoms with Crippen molar-refractivity contribution in [3.8, 4) is 5.75 Å². The summed E-state index contributed by atoms with van der Waals surface area (Å²) in [5.41, 5.74) is 3.03. The van der Waals surface area contributed by atoms with E-state index in [-0.39, 0.29) is 12.4 Å². The normalized spacial score (nSPS) is 9.21. The number of benzene rings is 1. The first kappa shape index (κ1) is 17.4. The van der Waals surface area contributed by atoms with Crippen LogP contribution in [-0.4, -0.2) is 15.2 Å². The van der Waals surface area contributed by atoms with E-state index in [1.807, 2.05) is 53.7 Å². The average molecular weight is 263 g/mol. The van der Waals surface area contributed by atoms with E-state index < -0.39 is 0 Å². The number of aliphatic hydroxyl groups is 1. The minimum Gasteiger partial charge on any atom is -0.505 e. The SMILES string of the molecule is CC.CC.Cc1cc(C)c2ccc(CO)nc2c1O. The van der Waals surface area contributed by atoms with Crippen molar-refractivity contribution < 1.29 is 10.2 Å². The van der Waals surface area contributed by atoms with Gasteiger partial charge in [-0.1, -0.05) is 39.8 Å². The van der Waals surface area contributed by atoms with Gasteiger partial charge in [-0.3, -0.25) is 0 Å². The lowest BCUT2D eigenvalue weighted by atomic mass is 10.0. The monoisotopic (exact) mass is 263 g/mol. The molecule has 0 amide bonds. The van der Waals surface area contributed by atoms with Gasteiger partial charge in [0.25, 0.3) is 0 Å². The second-order valence-corrected chi connectivity index (χ2v) is 3.72. The van der Waals surface area contributed by atoms with Crippen molar-refractivity contribution >= 4 is 10.9 Å². The second-order valence-electron chi connectivity index (χ2n) is 3.72. The van der Waals surface area contributed by atoms with Crippen LogP contribution >= 0.6 is 0 Å². The number of hydrogen-bond acceptors (Lipinski definition) is 3. The van der Waals surface area contributed by atoms with Crippen LogP contribution in [0.2, 0.25) is 0 Å². The number of hydrogen-bond donors (Lipinski definition) is 2. The molecule has 1 heterocycles. The number of pyridine rings is 1. The van der Waals surface area contributed by atoms with Crippen LogP contribution in [0, 0.1) is 13.8 Å². The summed E-state index contributed by atoms with van der Waals surface area (Å²) in [6.07, 6.45) is 0. The fourth-order valence-electron chi connectivity index (χ4n) is 1.74. The van der Waals surface area contributed by atoms with E-state index in [9.17, 15) is 5.11 Å². The molecule has 3 nitrogen and oxygen atoms in total. The van der Waals surface area contributed by atoms with Gasteiger partial charge in [-0.15, -0.1) is 0 Å². The standard InChI is InChI=1S/C12H13NO2.2C2H6/c1-7-5-8(2)12(15)11-10(7)4-3-9(6-14)13-11;2*1-2/h3-5,14-15H,6H2,1-2H3;2*1-2H3. The average Bonchev–Trinajstić information content (AvgIpc) is 2.48. The van der Waals surface area contributed by atoms with Crippen molar-refractivity contribution in [2.24, 2.45) is 0 Å². The molecule has 0 unspecified atom stereocenters. The number of phenols is 1. The largest absolute Gasteiger partial charge is 0.505 e. The summed E-state index contributed by atoms with van der Waals surface area (Å²) < 4.78 is 0. The third-order valence-corrected chi connectivity index (χ3v) is 2.57. The maximum atomic E-state index is 9.86. The summed E-state index contributed by atoms with van der Waals surface area (Å²) in [5.74, 6) is 0.200. The molecule has 0 aliphatic rings. The summed E-state index contributed by atoms with van der Waals surface area (Å²) in [6.45, 7) is 11.7. The van der Waals surface area contributed by atoms with Gasteiger partial charge in [0, 0.05) is 5.39 Å². The number of fused-ring (bicyclic) bond motifs is 1. The van der Waals surface area contributed by atoms with Crippen LogP contribution in [0.15, 0.2) is 18.2 Å². The van der Waals surface area contributed by atoms with Crippen molar-refractivity contribution in [3.05, 3.63) is 35.0 Å². The third-order valence-electron chi connectivity index (χ3n) is 2.57. The Hall–Kier alpha value is -1.61. The number of aromatic hydroxyl groups is 1. The minimum atomic E-state index is -0.109. The lowest BCUT2D eigenvalue weighted by molar-refractivity contribution is 0.277. The van der Waals surface area contributed by atoms with Gasteiger partial charge in [0.2, 0.25) is 0 Å². The van der Waals surface area contributed by atoms with E-state index in [1.54, 1.807) is 6.07 Å². The Labute approximate surface area is 115 Å². The van der Waals surface area contributed by atoms with E-state index >= 15 is 0 Å². The van der Waals surface area contributed by atoms with Crippen LogP contribution in [0.3, 0.4) is 0 Å². The first-order valence-electron chi connectivity index (χ1n) is 6.83. The quantitative estimate of drug-likeness (QED) is 0.814. The third kappa shape index (κ3) is 3.93. The Kier molecular flexibility index (Phi) is 7.77. The highest BCUT2D eigenvalue weighted by Gasteiger charge is 2.08. The van der Waals surface area contributed by atoms with Gasteiger partial charge in [-0.2, -0.15) is 0 Å². The van der Waals surface area contributed by atoms with Crippen LogP contribution in [0.4, 0.5) is 0 Å². The first-order valence-corrected chi connectivity index (χ1v) is 6.83. The zero-order valence-corrected chi connectivity index (χ0v) is 12.8. The molecule has 19 heavy (non-hydrogen) atoms. The van der Waals surface area contributed by atoms with Gasteiger partial charge in [0.05, 0.1) is 12.3 Å². The minimum absolute atomic E-state index is 0.109. The summed E-state index contributed by atoms with van der Waals surface area (Å²) in [5, 5.41) is 19.8. The van der Waals surface area contributed by atoms with Gasteiger partial charge < -0.3 is 10.2 Å². The highest BCUT2D eigenvalue weighted by Crippen LogP contribution is 2.29. The summed E-state index contributed by atoms with van der Waals surface area (Å²) in [4.78, 5) is 4.21. The van der Waals surface area contributed by atoms with Gasteiger partial charge >= 0.3 is 0 Å². The molecule has 2 N–H and O–H groups in total. The number of aromatic nitrogens is 1. The summed E-state index contributed by atoms with van der Waals surface area (Å²) >= 11 is 0. The highest BCUT2D eigenvalue weighted by atomic mass is 16.3. The Balaban J connectivity index is 0.000000741. The molecule has 0 atom stereocenters. The van der Waals surface area contributed by atoms with E-state index in [1.165, 1.54) is 0 Å². The van der Waals surface area contributed by atoms with Gasteiger partial charge in [-0.05, 0) is 31.0 Å². The number of rotatable bonds is 1. The second kappa shape index (κ2) is 8.48. The molecule has 2 aromatic rings. The molecule has 0 spiro atoms. The molecule has 0 saturated heterocycles. The van der Waals surface area contributed by atoms with Crippen molar-refractivity contribution in [2.45, 2.75) is 48.1 Å². The fraction of sp³-hybridized carbons (Fsp3) is 0.438. The number of phenolic OH excluding ortho intramolecular Hbond substituents is 1. The van der Waals surface area contributed by atoms with Crippen LogP contribution in [0.5, 0.6) is 5.75 Å². The van der Waals surface area contributed by atoms with Gasteiger partial charge in [0.15, 0.2) is 0 Å². The van der Waals surface area contributed by atoms with Crippen molar-refractivity contribution in [1.29, 1.82) is 0 Å². The van der Waals surface area contributed by atoms with E-state index in [4.69, 9.17) is 5.11 Å². The number of nitrogens with zero attached hydrogens (tertiary/aromatic N) is 1. The number of aryl methyl sites for hydroxylation is 2. The molecule has 0 radical (unpaired) electrons. The molecule has 3 heteroatoms. The zero-order valence-electron chi connectivity index (χ0n) is 12.8. The smallest absolute Gasteiger partial charge is 0.144 e. The predicted molar refractivity (Wildman–Crippen MR) is 81.5 cm³/mol. The van der Waals surface area contributed by atoms with Crippen LogP contribution in [0.25, 0.3) is 10.9 Å². The first-order chi connectivity index (χ1) is 9.13. The van der Waals surface area contributed by atoms with Crippen LogP contribution in [-0.2, 0) is 6.61 Å². The topological polar surface area (TPSA) is 53.4 Å². The molecular formula is C16H25NO2. The van der Waals surface area contributed by atoms with E-state index in [0.29, 0.717) is 11.2 Å². The Bertz CT molecular complexity index is 522. The Morgan fingerprint density at radius 2 is 1.58 bits per heavy atom. The molecule has 2 rings (SSSR count). The Morgan fingerprint density at radius 3 is 2.11 bits per heavy atom. The molecule has 0 aliphatic carbocycles. The van der Waals surface area contributed by atoms with Crippen LogP contribution in [0.1, 0.15) is 44.5 Å². The van der Waals surface area contributed by atoms with Crippen molar-refractivity contribution in [3.63, 3.8) is 0 Å². The van der Waals surface area contributed by atoms with Gasteiger partial charge in [0.1, 0.15) is 11.3 Å². The maximum absolute atomic E-state index is 9.86. The van der Waals surface area contributed by atoms with E-state index in [2.05, 4.69) is 4.98 Å². The van der Waals surface area contributed by atoms with Crippen LogP contribution < -0.4 is 0 Å². The highest BCUT2D eigenvalue weighted by molar-refractivity contribution is 5.88. The molecule has 1 aromatic carbocycles. The van der Waals surface area contributed by atoms with E-state index in [0.717, 1.165) is 16.5 Å². The Morgan fingerprint density at radius 1 is 1.00 bits per heavy atom. The lowest BCUT2D eigenvalue weighted by Gasteiger charge is -2.08. The molecular weight excluding hydrogens is 238 g/mol. The van der Waals surface area contributed by atoms with Gasteiger partial charge in [-0.25, -0.2) is 4.98 Å². The molecule has 0 bridgehead atoms. The predicted octanol–water partition coefficient (Wildman–Crippen LogP) is 4.10. The van der Waals surface area contributed by atoms with Crippen molar-refractivity contribution in [2.75, 3.05) is 0 Å². The lowest BCUT2D eigenvalue weighted by Crippen LogP contribution is -1.92. The number of aliphatic hydroxyl groups excluding tert-OH is 1. The summed E-state index contributed by atoms with van der Waals surface area (Å²) in [6, 6.07) is 5.57. The zero-order chi connectivity index (χ0) is 15.0. The van der Waals surface area contributed by atoms with Crippen molar-refractivity contribution in [1.82, 2.24) is 4.98 Å². The molecule has 0 saturated carbocycles. The maximum Gasteiger partial charge on any atom is 0.144 e. The fourth-order valence-corrected chi connectivity index (χ4v) is 1.74. The molecule has 1 aromatic heterocycles. The molecule has 106 valence electrons. The molecule has 0 aliphatic heterocycles.